The highest BCUT2D eigenvalue weighted by molar-refractivity contribution is 7.14. The Morgan fingerprint density at radius 1 is 1.80 bits per heavy atom. The first-order chi connectivity index (χ1) is 7.09. The van der Waals surface area contributed by atoms with Crippen molar-refractivity contribution in [3.63, 3.8) is 0 Å². The van der Waals surface area contributed by atoms with Gasteiger partial charge in [0.05, 0.1) is 11.2 Å². The molecule has 1 aliphatic rings. The average molecular weight is 227 g/mol. The Balaban J connectivity index is 1.95. The Morgan fingerprint density at radius 3 is 3.00 bits per heavy atom. The number of anilines is 1. The van der Waals surface area contributed by atoms with Gasteiger partial charge in [-0.25, -0.2) is 4.98 Å². The smallest absolute Gasteiger partial charge is 0.235 e. The number of hydrogen-bond acceptors (Lipinski definition) is 5. The summed E-state index contributed by atoms with van der Waals surface area (Å²) >= 11 is 1.32. The van der Waals surface area contributed by atoms with Crippen LogP contribution in [0, 0.1) is 23.0 Å². The number of rotatable bonds is 3. The summed E-state index contributed by atoms with van der Waals surface area (Å²) in [4.78, 5) is 25.4. The van der Waals surface area contributed by atoms with Crippen molar-refractivity contribution in [1.82, 2.24) is 4.98 Å². The summed E-state index contributed by atoms with van der Waals surface area (Å²) in [6.45, 7) is 1.78. The van der Waals surface area contributed by atoms with Crippen LogP contribution in [0.1, 0.15) is 12.1 Å². The molecule has 80 valence electrons. The molecule has 1 N–H and O–H groups in total. The summed E-state index contributed by atoms with van der Waals surface area (Å²) in [5, 5.41) is 13.7. The van der Waals surface area contributed by atoms with Gasteiger partial charge in [0.25, 0.3) is 0 Å². The Hall–Kier alpha value is -1.50. The van der Waals surface area contributed by atoms with Crippen molar-refractivity contribution in [3.8, 4) is 0 Å². The molecule has 1 aromatic heterocycles. The van der Waals surface area contributed by atoms with E-state index in [-0.39, 0.29) is 5.91 Å². The molecule has 7 heteroatoms. The lowest BCUT2D eigenvalue weighted by molar-refractivity contribution is -0.497. The minimum Gasteiger partial charge on any atom is -0.316 e. The van der Waals surface area contributed by atoms with Crippen LogP contribution in [0.15, 0.2) is 5.51 Å². The van der Waals surface area contributed by atoms with E-state index in [9.17, 15) is 14.9 Å². The molecule has 0 saturated heterocycles. The molecule has 1 fully saturated rings. The molecule has 0 unspecified atom stereocenters. The van der Waals surface area contributed by atoms with Crippen LogP contribution in [0.5, 0.6) is 0 Å². The zero-order chi connectivity index (χ0) is 11.0. The summed E-state index contributed by atoms with van der Waals surface area (Å²) in [6, 6.07) is -0.696. The molecular weight excluding hydrogens is 218 g/mol. The topological polar surface area (TPSA) is 85.1 Å². The van der Waals surface area contributed by atoms with E-state index in [2.05, 4.69) is 10.3 Å². The third-order valence-corrected chi connectivity index (χ3v) is 3.19. The lowest BCUT2D eigenvalue weighted by Crippen LogP contribution is -2.18. The summed E-state index contributed by atoms with van der Waals surface area (Å²) in [6.07, 6.45) is 0.344. The second-order valence-electron chi connectivity index (χ2n) is 3.45. The first-order valence-electron chi connectivity index (χ1n) is 4.44. The Morgan fingerprint density at radius 2 is 2.53 bits per heavy atom. The third kappa shape index (κ3) is 1.96. The summed E-state index contributed by atoms with van der Waals surface area (Å²) in [7, 11) is 0. The van der Waals surface area contributed by atoms with Crippen molar-refractivity contribution in [3.05, 3.63) is 21.3 Å². The van der Waals surface area contributed by atoms with Gasteiger partial charge in [0, 0.05) is 11.3 Å². The van der Waals surface area contributed by atoms with Crippen molar-refractivity contribution in [1.29, 1.82) is 0 Å². The predicted molar refractivity (Wildman–Crippen MR) is 54.4 cm³/mol. The molecule has 0 bridgehead atoms. The predicted octanol–water partition coefficient (Wildman–Crippen LogP) is 1.06. The fourth-order valence-electron chi connectivity index (χ4n) is 1.32. The van der Waals surface area contributed by atoms with Gasteiger partial charge in [-0.3, -0.25) is 14.9 Å². The van der Waals surface area contributed by atoms with Crippen LogP contribution in [0.4, 0.5) is 5.00 Å². The third-order valence-electron chi connectivity index (χ3n) is 2.35. The van der Waals surface area contributed by atoms with E-state index in [1.54, 1.807) is 12.4 Å². The molecular formula is C8H9N3O3S. The number of carbonyl (C=O) groups is 1. The molecule has 2 rings (SSSR count). The minimum atomic E-state index is -0.696. The Bertz CT molecular complexity index is 417. The average Bonchev–Trinajstić information content (AvgIpc) is 2.88. The maximum atomic E-state index is 11.5. The van der Waals surface area contributed by atoms with E-state index in [1.165, 1.54) is 11.3 Å². The number of nitrogens with zero attached hydrogens (tertiary/aromatic N) is 2. The van der Waals surface area contributed by atoms with Crippen LogP contribution < -0.4 is 5.32 Å². The number of aromatic nitrogens is 1. The van der Waals surface area contributed by atoms with Gasteiger partial charge in [-0.05, 0) is 6.92 Å². The number of amides is 1. The lowest BCUT2D eigenvalue weighted by atomic mass is 10.3. The van der Waals surface area contributed by atoms with Crippen LogP contribution in [0.2, 0.25) is 0 Å². The number of nitro groups is 1. The fraction of sp³-hybridized carbons (Fsp3) is 0.500. The zero-order valence-electron chi connectivity index (χ0n) is 7.97. The first-order valence-corrected chi connectivity index (χ1v) is 5.32. The van der Waals surface area contributed by atoms with Gasteiger partial charge < -0.3 is 5.32 Å². The van der Waals surface area contributed by atoms with Gasteiger partial charge in [0.2, 0.25) is 11.9 Å². The van der Waals surface area contributed by atoms with Crippen molar-refractivity contribution < 1.29 is 9.72 Å². The molecule has 1 aliphatic carbocycles. The molecule has 15 heavy (non-hydrogen) atoms. The highest BCUT2D eigenvalue weighted by atomic mass is 32.1. The maximum absolute atomic E-state index is 11.5. The number of thiazole rings is 1. The second kappa shape index (κ2) is 3.58. The maximum Gasteiger partial charge on any atom is 0.235 e. The van der Waals surface area contributed by atoms with E-state index in [0.29, 0.717) is 11.4 Å². The molecule has 1 heterocycles. The van der Waals surface area contributed by atoms with Gasteiger partial charge in [-0.15, -0.1) is 11.3 Å². The van der Waals surface area contributed by atoms with E-state index in [4.69, 9.17) is 0 Å². The first kappa shape index (κ1) is 10.0. The van der Waals surface area contributed by atoms with Crippen molar-refractivity contribution >= 4 is 22.2 Å². The highest BCUT2D eigenvalue weighted by Gasteiger charge is 2.53. The number of aryl methyl sites for hydroxylation is 1. The molecule has 1 aromatic rings. The van der Waals surface area contributed by atoms with E-state index < -0.39 is 16.9 Å². The summed E-state index contributed by atoms with van der Waals surface area (Å²) < 4.78 is 0. The van der Waals surface area contributed by atoms with Gasteiger partial charge in [-0.1, -0.05) is 0 Å². The molecule has 1 amide bonds. The van der Waals surface area contributed by atoms with Crippen LogP contribution in [0.3, 0.4) is 0 Å². The Labute approximate surface area is 89.5 Å². The molecule has 0 radical (unpaired) electrons. The summed E-state index contributed by atoms with van der Waals surface area (Å²) in [5.41, 5.74) is 2.37. The Kier molecular flexibility index (Phi) is 2.39. The SMILES string of the molecule is Cc1ncsc1NC(=O)[C@@H]1C[C@@H]1[N+](=O)[O-]. The van der Waals surface area contributed by atoms with Crippen molar-refractivity contribution in [2.24, 2.45) is 5.92 Å². The van der Waals surface area contributed by atoms with Crippen molar-refractivity contribution in [2.75, 3.05) is 5.32 Å². The van der Waals surface area contributed by atoms with Crippen LogP contribution >= 0.6 is 11.3 Å². The number of carbonyl (C=O) groups excluding carboxylic acids is 1. The number of hydrogen-bond donors (Lipinski definition) is 1. The molecule has 0 spiro atoms. The van der Waals surface area contributed by atoms with Crippen LogP contribution in [-0.4, -0.2) is 21.9 Å². The normalized spacial score (nSPS) is 23.5. The molecule has 2 atom stereocenters. The van der Waals surface area contributed by atoms with Gasteiger partial charge in [0.1, 0.15) is 10.9 Å². The molecule has 1 saturated carbocycles. The van der Waals surface area contributed by atoms with Gasteiger partial charge in [0.15, 0.2) is 0 Å². The quantitative estimate of drug-likeness (QED) is 0.618. The van der Waals surface area contributed by atoms with Gasteiger partial charge in [-0.2, -0.15) is 0 Å². The molecule has 0 aliphatic heterocycles. The van der Waals surface area contributed by atoms with Crippen LogP contribution in [0.25, 0.3) is 0 Å². The molecule has 0 aromatic carbocycles. The molecule has 6 nitrogen and oxygen atoms in total. The van der Waals surface area contributed by atoms with Crippen molar-refractivity contribution in [2.45, 2.75) is 19.4 Å². The lowest BCUT2D eigenvalue weighted by Gasteiger charge is -2.00. The largest absolute Gasteiger partial charge is 0.316 e. The van der Waals surface area contributed by atoms with Crippen LogP contribution in [-0.2, 0) is 4.79 Å². The number of nitrogens with one attached hydrogen (secondary N) is 1. The van der Waals surface area contributed by atoms with E-state index >= 15 is 0 Å². The fourth-order valence-corrected chi connectivity index (χ4v) is 2.02. The summed E-state index contributed by atoms with van der Waals surface area (Å²) in [5.74, 6) is -0.745. The minimum absolute atomic E-state index is 0.274. The highest BCUT2D eigenvalue weighted by Crippen LogP contribution is 2.34. The second-order valence-corrected chi connectivity index (χ2v) is 4.31. The van der Waals surface area contributed by atoms with Gasteiger partial charge >= 0.3 is 0 Å². The standard InChI is InChI=1S/C8H9N3O3S/c1-4-8(15-3-9-4)10-7(12)5-2-6(5)11(13)14/h3,5-6H,2H2,1H3,(H,10,12)/t5-,6+/m1/s1. The monoisotopic (exact) mass is 227 g/mol. The zero-order valence-corrected chi connectivity index (χ0v) is 8.78. The van der Waals surface area contributed by atoms with E-state index in [0.717, 1.165) is 5.69 Å². The van der Waals surface area contributed by atoms with E-state index in [1.807, 2.05) is 0 Å².